The van der Waals surface area contributed by atoms with Crippen LogP contribution in [-0.2, 0) is 6.42 Å². The van der Waals surface area contributed by atoms with Gasteiger partial charge >= 0.3 is 0 Å². The number of rotatable bonds is 7. The molecule has 1 aromatic carbocycles. The second kappa shape index (κ2) is 6.65. The Morgan fingerprint density at radius 1 is 1.24 bits per heavy atom. The monoisotopic (exact) mass is 233 g/mol. The number of nitrogens with one attached hydrogen (secondary N) is 1. The van der Waals surface area contributed by atoms with Crippen molar-refractivity contribution in [3.8, 4) is 5.75 Å². The average Bonchev–Trinajstić information content (AvgIpc) is 2.76. The number of benzene rings is 1. The van der Waals surface area contributed by atoms with E-state index in [2.05, 4.69) is 36.5 Å². The van der Waals surface area contributed by atoms with E-state index in [4.69, 9.17) is 4.74 Å². The number of fused-ring (bicyclic) bond motifs is 1. The van der Waals surface area contributed by atoms with Crippen LogP contribution in [0.3, 0.4) is 0 Å². The maximum absolute atomic E-state index is 5.91. The SMILES string of the molecule is CCCNCCCCC1Cc2ccccc2O1. The van der Waals surface area contributed by atoms with Gasteiger partial charge in [-0.2, -0.15) is 0 Å². The summed E-state index contributed by atoms with van der Waals surface area (Å²) in [6.07, 6.45) is 6.44. The molecule has 2 heteroatoms. The summed E-state index contributed by atoms with van der Waals surface area (Å²) in [6, 6.07) is 8.41. The molecule has 1 aliphatic heterocycles. The molecule has 0 spiro atoms. The molecule has 94 valence electrons. The first-order chi connectivity index (χ1) is 8.40. The predicted molar refractivity (Wildman–Crippen MR) is 71.6 cm³/mol. The van der Waals surface area contributed by atoms with E-state index in [1.807, 2.05) is 0 Å². The van der Waals surface area contributed by atoms with Crippen molar-refractivity contribution in [2.75, 3.05) is 13.1 Å². The minimum absolute atomic E-state index is 0.415. The van der Waals surface area contributed by atoms with Gasteiger partial charge in [0.15, 0.2) is 0 Å². The highest BCUT2D eigenvalue weighted by atomic mass is 16.5. The zero-order chi connectivity index (χ0) is 11.9. The summed E-state index contributed by atoms with van der Waals surface area (Å²) in [6.45, 7) is 4.50. The van der Waals surface area contributed by atoms with Gasteiger partial charge in [0.1, 0.15) is 11.9 Å². The molecule has 0 radical (unpaired) electrons. The Bertz CT molecular complexity index is 312. The third kappa shape index (κ3) is 3.74. The van der Waals surface area contributed by atoms with E-state index in [0.717, 1.165) is 25.3 Å². The Labute approximate surface area is 104 Å². The zero-order valence-electron chi connectivity index (χ0n) is 10.7. The van der Waals surface area contributed by atoms with E-state index in [1.54, 1.807) is 0 Å². The summed E-state index contributed by atoms with van der Waals surface area (Å²) in [5, 5.41) is 3.44. The van der Waals surface area contributed by atoms with E-state index in [0.29, 0.717) is 6.10 Å². The van der Waals surface area contributed by atoms with Crippen molar-refractivity contribution in [2.45, 2.75) is 45.1 Å². The first kappa shape index (κ1) is 12.4. The molecule has 17 heavy (non-hydrogen) atoms. The molecule has 2 rings (SSSR count). The van der Waals surface area contributed by atoms with Crippen molar-refractivity contribution in [2.24, 2.45) is 0 Å². The molecule has 0 aromatic heterocycles. The molecule has 0 amide bonds. The quantitative estimate of drug-likeness (QED) is 0.730. The van der Waals surface area contributed by atoms with Crippen LogP contribution in [0, 0.1) is 0 Å². The minimum Gasteiger partial charge on any atom is -0.490 e. The lowest BCUT2D eigenvalue weighted by atomic mass is 10.1. The molecule has 1 aliphatic rings. The van der Waals surface area contributed by atoms with Gasteiger partial charge in [0.05, 0.1) is 0 Å². The second-order valence-electron chi connectivity index (χ2n) is 4.80. The zero-order valence-corrected chi connectivity index (χ0v) is 10.7. The minimum atomic E-state index is 0.415. The van der Waals surface area contributed by atoms with Gasteiger partial charge in [-0.15, -0.1) is 0 Å². The summed E-state index contributed by atoms with van der Waals surface area (Å²) < 4.78 is 5.91. The predicted octanol–water partition coefficient (Wildman–Crippen LogP) is 3.16. The number of para-hydroxylation sites is 1. The molecule has 1 unspecified atom stereocenters. The molecule has 0 saturated carbocycles. The highest BCUT2D eigenvalue weighted by Gasteiger charge is 2.21. The Balaban J connectivity index is 1.60. The maximum atomic E-state index is 5.91. The third-order valence-electron chi connectivity index (χ3n) is 3.27. The standard InChI is InChI=1S/C15H23NO/c1-2-10-16-11-6-5-8-14-12-13-7-3-4-9-15(13)17-14/h3-4,7,9,14,16H,2,5-6,8,10-12H2,1H3. The first-order valence-corrected chi connectivity index (χ1v) is 6.85. The van der Waals surface area contributed by atoms with Crippen LogP contribution in [0.15, 0.2) is 24.3 Å². The number of unbranched alkanes of at least 4 members (excludes halogenated alkanes) is 1. The highest BCUT2D eigenvalue weighted by molar-refractivity contribution is 5.37. The van der Waals surface area contributed by atoms with Gasteiger partial charge < -0.3 is 10.1 Å². The van der Waals surface area contributed by atoms with E-state index in [1.165, 1.54) is 31.2 Å². The molecule has 1 N–H and O–H groups in total. The summed E-state index contributed by atoms with van der Waals surface area (Å²) in [5.41, 5.74) is 1.38. The third-order valence-corrected chi connectivity index (χ3v) is 3.27. The topological polar surface area (TPSA) is 21.3 Å². The number of hydrogen-bond acceptors (Lipinski definition) is 2. The lowest BCUT2D eigenvalue weighted by molar-refractivity contribution is 0.216. The van der Waals surface area contributed by atoms with Crippen molar-refractivity contribution in [1.82, 2.24) is 5.32 Å². The van der Waals surface area contributed by atoms with E-state index in [9.17, 15) is 0 Å². The fourth-order valence-electron chi connectivity index (χ4n) is 2.34. The summed E-state index contributed by atoms with van der Waals surface area (Å²) in [4.78, 5) is 0. The maximum Gasteiger partial charge on any atom is 0.123 e. The lowest BCUT2D eigenvalue weighted by Crippen LogP contribution is -2.17. The fourth-order valence-corrected chi connectivity index (χ4v) is 2.34. The van der Waals surface area contributed by atoms with E-state index < -0.39 is 0 Å². The average molecular weight is 233 g/mol. The molecule has 0 saturated heterocycles. The summed E-state index contributed by atoms with van der Waals surface area (Å²) in [7, 11) is 0. The fraction of sp³-hybridized carbons (Fsp3) is 0.600. The van der Waals surface area contributed by atoms with Gasteiger partial charge in [-0.1, -0.05) is 25.1 Å². The number of hydrogen-bond donors (Lipinski definition) is 1. The van der Waals surface area contributed by atoms with Gasteiger partial charge in [0.2, 0.25) is 0 Å². The summed E-state index contributed by atoms with van der Waals surface area (Å²) >= 11 is 0. The van der Waals surface area contributed by atoms with Crippen molar-refractivity contribution < 1.29 is 4.74 Å². The Morgan fingerprint density at radius 2 is 2.12 bits per heavy atom. The molecular weight excluding hydrogens is 210 g/mol. The molecule has 0 aliphatic carbocycles. The molecule has 1 atom stereocenters. The van der Waals surface area contributed by atoms with Crippen LogP contribution in [0.5, 0.6) is 5.75 Å². The molecule has 0 bridgehead atoms. The molecule has 1 aromatic rings. The van der Waals surface area contributed by atoms with E-state index in [-0.39, 0.29) is 0 Å². The van der Waals surface area contributed by atoms with Crippen molar-refractivity contribution >= 4 is 0 Å². The number of ether oxygens (including phenoxy) is 1. The Hall–Kier alpha value is -1.02. The van der Waals surface area contributed by atoms with Crippen LogP contribution < -0.4 is 10.1 Å². The second-order valence-corrected chi connectivity index (χ2v) is 4.80. The van der Waals surface area contributed by atoms with Crippen LogP contribution in [0.4, 0.5) is 0 Å². The van der Waals surface area contributed by atoms with Crippen LogP contribution >= 0.6 is 0 Å². The van der Waals surface area contributed by atoms with Crippen LogP contribution in [0.1, 0.15) is 38.2 Å². The molecule has 0 fully saturated rings. The summed E-state index contributed by atoms with van der Waals surface area (Å²) in [5.74, 6) is 1.10. The van der Waals surface area contributed by atoms with Crippen molar-refractivity contribution in [1.29, 1.82) is 0 Å². The smallest absolute Gasteiger partial charge is 0.123 e. The molecule has 2 nitrogen and oxygen atoms in total. The lowest BCUT2D eigenvalue weighted by Gasteiger charge is -2.10. The van der Waals surface area contributed by atoms with Gasteiger partial charge in [-0.25, -0.2) is 0 Å². The van der Waals surface area contributed by atoms with Gasteiger partial charge in [0, 0.05) is 6.42 Å². The van der Waals surface area contributed by atoms with Gasteiger partial charge in [-0.3, -0.25) is 0 Å². The van der Waals surface area contributed by atoms with Gasteiger partial charge in [0.25, 0.3) is 0 Å². The van der Waals surface area contributed by atoms with Gasteiger partial charge in [-0.05, 0) is 50.4 Å². The normalized spacial score (nSPS) is 17.8. The van der Waals surface area contributed by atoms with E-state index >= 15 is 0 Å². The van der Waals surface area contributed by atoms with Crippen molar-refractivity contribution in [3.63, 3.8) is 0 Å². The largest absolute Gasteiger partial charge is 0.490 e. The highest BCUT2D eigenvalue weighted by Crippen LogP contribution is 2.29. The molecular formula is C15H23NO. The van der Waals surface area contributed by atoms with Crippen LogP contribution in [0.25, 0.3) is 0 Å². The first-order valence-electron chi connectivity index (χ1n) is 6.85. The van der Waals surface area contributed by atoms with Crippen molar-refractivity contribution in [3.05, 3.63) is 29.8 Å². The Kier molecular flexibility index (Phi) is 4.87. The van der Waals surface area contributed by atoms with Crippen LogP contribution in [-0.4, -0.2) is 19.2 Å². The molecule has 1 heterocycles. The van der Waals surface area contributed by atoms with Crippen LogP contribution in [0.2, 0.25) is 0 Å². The Morgan fingerprint density at radius 3 is 2.94 bits per heavy atom.